The Kier molecular flexibility index (Phi) is 2.10. The maximum Gasteiger partial charge on any atom is 0.0674 e. The second kappa shape index (κ2) is 3.46. The number of aromatic nitrogens is 1. The largest absolute Gasteiger partial charge is 0.296 e. The summed E-state index contributed by atoms with van der Waals surface area (Å²) in [5.74, 6) is 0.770. The Morgan fingerprint density at radius 2 is 2.40 bits per heavy atom. The Hall–Kier alpha value is -1.15. The Bertz CT molecular complexity index is 383. The van der Waals surface area contributed by atoms with E-state index in [2.05, 4.69) is 35.0 Å². The molecule has 2 atom stereocenters. The number of likely N-dealkylation sites (N-methyl/N-ethyl adjacent to an activating group) is 1. The predicted molar refractivity (Wildman–Crippen MR) is 61.4 cm³/mol. The van der Waals surface area contributed by atoms with Crippen molar-refractivity contribution in [2.24, 2.45) is 5.92 Å². The Labute approximate surface area is 90.6 Å². The van der Waals surface area contributed by atoms with E-state index in [1.54, 1.807) is 0 Å². The Morgan fingerprint density at radius 3 is 3.07 bits per heavy atom. The topological polar surface area (TPSA) is 16.1 Å². The minimum Gasteiger partial charge on any atom is -0.296 e. The molecule has 1 saturated heterocycles. The van der Waals surface area contributed by atoms with Crippen molar-refractivity contribution in [3.63, 3.8) is 0 Å². The number of hydrogen-bond donors (Lipinski definition) is 0. The van der Waals surface area contributed by atoms with E-state index in [0.717, 1.165) is 12.5 Å². The predicted octanol–water partition coefficient (Wildman–Crippen LogP) is 2.19. The van der Waals surface area contributed by atoms with Crippen LogP contribution in [0.15, 0.2) is 30.5 Å². The van der Waals surface area contributed by atoms with Crippen LogP contribution >= 0.6 is 0 Å². The highest BCUT2D eigenvalue weighted by Crippen LogP contribution is 2.40. The first-order valence-electron chi connectivity index (χ1n) is 5.75. The van der Waals surface area contributed by atoms with E-state index in [4.69, 9.17) is 0 Å². The highest BCUT2D eigenvalue weighted by atomic mass is 15.2. The van der Waals surface area contributed by atoms with Gasteiger partial charge in [-0.25, -0.2) is 0 Å². The van der Waals surface area contributed by atoms with Gasteiger partial charge in [0.25, 0.3) is 0 Å². The molecule has 0 N–H and O–H groups in total. The minimum atomic E-state index is 0.634. The summed E-state index contributed by atoms with van der Waals surface area (Å²) in [5, 5.41) is 0. The van der Waals surface area contributed by atoms with Crippen LogP contribution in [0.4, 0.5) is 0 Å². The molecule has 1 fully saturated rings. The van der Waals surface area contributed by atoms with Gasteiger partial charge in [0.05, 0.1) is 5.69 Å². The van der Waals surface area contributed by atoms with E-state index in [1.807, 2.05) is 12.3 Å². The molecule has 2 aliphatic rings. The molecule has 1 aromatic rings. The molecular weight excluding hydrogens is 184 g/mol. The lowest BCUT2D eigenvalue weighted by molar-refractivity contribution is 0.302. The molecule has 3 rings (SSSR count). The number of nitrogens with zero attached hydrogens (tertiary/aromatic N) is 2. The summed E-state index contributed by atoms with van der Waals surface area (Å²) in [6.45, 7) is 4.65. The lowest BCUT2D eigenvalue weighted by Crippen LogP contribution is -2.32. The van der Waals surface area contributed by atoms with Crippen LogP contribution in [0.3, 0.4) is 0 Å². The Morgan fingerprint density at radius 1 is 1.47 bits per heavy atom. The van der Waals surface area contributed by atoms with Crippen molar-refractivity contribution >= 4 is 5.57 Å². The molecule has 2 bridgehead atoms. The van der Waals surface area contributed by atoms with E-state index in [-0.39, 0.29) is 0 Å². The monoisotopic (exact) mass is 200 g/mol. The fourth-order valence-electron chi connectivity index (χ4n) is 2.89. The van der Waals surface area contributed by atoms with Crippen molar-refractivity contribution in [3.05, 3.63) is 36.2 Å². The summed E-state index contributed by atoms with van der Waals surface area (Å²) >= 11 is 0. The number of rotatable bonds is 2. The summed E-state index contributed by atoms with van der Waals surface area (Å²) < 4.78 is 0. The van der Waals surface area contributed by atoms with Gasteiger partial charge in [0, 0.05) is 18.8 Å². The summed E-state index contributed by atoms with van der Waals surface area (Å²) in [4.78, 5) is 7.02. The van der Waals surface area contributed by atoms with Gasteiger partial charge in [0.1, 0.15) is 0 Å². The molecule has 2 heterocycles. The summed E-state index contributed by atoms with van der Waals surface area (Å²) in [7, 11) is 0. The van der Waals surface area contributed by atoms with Crippen LogP contribution in [0.5, 0.6) is 0 Å². The van der Waals surface area contributed by atoms with E-state index in [0.29, 0.717) is 6.04 Å². The zero-order chi connectivity index (χ0) is 10.3. The Balaban J connectivity index is 1.93. The molecule has 0 aromatic carbocycles. The molecule has 2 heteroatoms. The van der Waals surface area contributed by atoms with Gasteiger partial charge < -0.3 is 0 Å². The van der Waals surface area contributed by atoms with Gasteiger partial charge in [-0.15, -0.1) is 0 Å². The maximum atomic E-state index is 4.45. The van der Waals surface area contributed by atoms with Crippen LogP contribution in [0, 0.1) is 5.92 Å². The highest BCUT2D eigenvalue weighted by molar-refractivity contribution is 5.70. The molecule has 1 aliphatic carbocycles. The maximum absolute atomic E-state index is 4.45. The molecule has 2 unspecified atom stereocenters. The summed E-state index contributed by atoms with van der Waals surface area (Å²) in [5.41, 5.74) is 2.62. The molecule has 1 aliphatic heterocycles. The normalized spacial score (nSPS) is 29.5. The average Bonchev–Trinajstić information content (AvgIpc) is 2.89. The second-order valence-electron chi connectivity index (χ2n) is 4.44. The van der Waals surface area contributed by atoms with Crippen molar-refractivity contribution in [3.8, 4) is 0 Å². The van der Waals surface area contributed by atoms with Gasteiger partial charge in [0.15, 0.2) is 0 Å². The number of hydrogen-bond acceptors (Lipinski definition) is 2. The zero-order valence-corrected chi connectivity index (χ0v) is 9.06. The molecule has 0 saturated carbocycles. The minimum absolute atomic E-state index is 0.634. The molecule has 2 nitrogen and oxygen atoms in total. The molecule has 0 spiro atoms. The summed E-state index contributed by atoms with van der Waals surface area (Å²) in [6.07, 6.45) is 5.62. The third-order valence-electron chi connectivity index (χ3n) is 3.58. The molecule has 1 aromatic heterocycles. The van der Waals surface area contributed by atoms with Crippen molar-refractivity contribution in [1.29, 1.82) is 0 Å². The van der Waals surface area contributed by atoms with Gasteiger partial charge in [-0.05, 0) is 36.6 Å². The quantitative estimate of drug-likeness (QED) is 0.727. The average molecular weight is 200 g/mol. The smallest absolute Gasteiger partial charge is 0.0674 e. The van der Waals surface area contributed by atoms with E-state index in [1.165, 1.54) is 24.2 Å². The van der Waals surface area contributed by atoms with Gasteiger partial charge in [-0.2, -0.15) is 0 Å². The van der Waals surface area contributed by atoms with Crippen LogP contribution in [0.2, 0.25) is 0 Å². The van der Waals surface area contributed by atoms with Crippen molar-refractivity contribution in [2.75, 3.05) is 13.1 Å². The van der Waals surface area contributed by atoms with Crippen molar-refractivity contribution in [1.82, 2.24) is 9.88 Å². The fourth-order valence-corrected chi connectivity index (χ4v) is 2.89. The van der Waals surface area contributed by atoms with Crippen molar-refractivity contribution < 1.29 is 0 Å². The molecular formula is C13H16N2. The van der Waals surface area contributed by atoms with Crippen molar-refractivity contribution in [2.45, 2.75) is 19.4 Å². The van der Waals surface area contributed by atoms with Crippen LogP contribution in [0.25, 0.3) is 5.57 Å². The number of pyridine rings is 1. The van der Waals surface area contributed by atoms with Crippen LogP contribution in [-0.4, -0.2) is 29.0 Å². The molecule has 15 heavy (non-hydrogen) atoms. The lowest BCUT2D eigenvalue weighted by Gasteiger charge is -2.26. The van der Waals surface area contributed by atoms with Crippen LogP contribution in [-0.2, 0) is 0 Å². The third-order valence-corrected chi connectivity index (χ3v) is 3.58. The van der Waals surface area contributed by atoms with E-state index < -0.39 is 0 Å². The van der Waals surface area contributed by atoms with Gasteiger partial charge in [0.2, 0.25) is 0 Å². The molecule has 78 valence electrons. The first-order valence-corrected chi connectivity index (χ1v) is 5.75. The SMILES string of the molecule is CCN1CC2C=C(c3ccccn3)C1C2. The van der Waals surface area contributed by atoms with Gasteiger partial charge in [-0.1, -0.05) is 19.1 Å². The number of fused-ring (bicyclic) bond motifs is 2. The van der Waals surface area contributed by atoms with Crippen LogP contribution in [0.1, 0.15) is 19.0 Å². The third kappa shape index (κ3) is 1.40. The number of likely N-dealkylation sites (tertiary alicyclic amines) is 1. The second-order valence-corrected chi connectivity index (χ2v) is 4.44. The zero-order valence-electron chi connectivity index (χ0n) is 9.06. The van der Waals surface area contributed by atoms with E-state index in [9.17, 15) is 0 Å². The molecule has 0 amide bonds. The standard InChI is InChI=1S/C13H16N2/c1-2-15-9-10-7-11(13(15)8-10)12-5-3-4-6-14-12/h3-7,10,13H,2,8-9H2,1H3. The fraction of sp³-hybridized carbons (Fsp3) is 0.462. The van der Waals surface area contributed by atoms with Crippen LogP contribution < -0.4 is 0 Å². The molecule has 0 radical (unpaired) electrons. The van der Waals surface area contributed by atoms with Gasteiger partial charge >= 0.3 is 0 Å². The van der Waals surface area contributed by atoms with E-state index >= 15 is 0 Å². The highest BCUT2D eigenvalue weighted by Gasteiger charge is 2.38. The van der Waals surface area contributed by atoms with Gasteiger partial charge in [-0.3, -0.25) is 9.88 Å². The lowest BCUT2D eigenvalue weighted by atomic mass is 10.1. The summed E-state index contributed by atoms with van der Waals surface area (Å²) in [6, 6.07) is 6.82. The first-order chi connectivity index (χ1) is 7.38. The first kappa shape index (κ1) is 9.10.